The van der Waals surface area contributed by atoms with E-state index < -0.39 is 6.03 Å². The zero-order valence-corrected chi connectivity index (χ0v) is 14.3. The van der Waals surface area contributed by atoms with Gasteiger partial charge < -0.3 is 16.4 Å². The molecule has 0 radical (unpaired) electrons. The fraction of sp³-hybridized carbons (Fsp3) is 0. The zero-order chi connectivity index (χ0) is 19.1. The van der Waals surface area contributed by atoms with Crippen LogP contribution >= 0.6 is 0 Å². The Morgan fingerprint density at radius 1 is 0.852 bits per heavy atom. The molecule has 3 amide bonds. The third-order valence-corrected chi connectivity index (χ3v) is 3.51. The van der Waals surface area contributed by atoms with Crippen LogP contribution < -0.4 is 16.4 Å². The van der Waals surface area contributed by atoms with Crippen molar-refractivity contribution < 1.29 is 9.59 Å². The summed E-state index contributed by atoms with van der Waals surface area (Å²) in [6.07, 6.45) is 1.68. The highest BCUT2D eigenvalue weighted by molar-refractivity contribution is 6.05. The Balaban J connectivity index is 1.74. The molecular formula is C21H16N4O2. The Hall–Kier alpha value is -4.11. The predicted octanol–water partition coefficient (Wildman–Crippen LogP) is 3.22. The van der Waals surface area contributed by atoms with Gasteiger partial charge in [0, 0.05) is 28.7 Å². The Labute approximate surface area is 156 Å². The van der Waals surface area contributed by atoms with Gasteiger partial charge in [-0.2, -0.15) is 0 Å². The van der Waals surface area contributed by atoms with E-state index in [1.165, 1.54) is 0 Å². The lowest BCUT2D eigenvalue weighted by atomic mass is 10.1. The lowest BCUT2D eigenvalue weighted by Crippen LogP contribution is -2.19. The van der Waals surface area contributed by atoms with Crippen LogP contribution in [0.15, 0.2) is 72.9 Å². The van der Waals surface area contributed by atoms with E-state index in [4.69, 9.17) is 5.73 Å². The van der Waals surface area contributed by atoms with Gasteiger partial charge in [0.15, 0.2) is 0 Å². The second-order valence-electron chi connectivity index (χ2n) is 5.57. The molecule has 3 rings (SSSR count). The lowest BCUT2D eigenvalue weighted by Gasteiger charge is -2.07. The van der Waals surface area contributed by atoms with Gasteiger partial charge in [-0.1, -0.05) is 24.1 Å². The maximum absolute atomic E-state index is 12.4. The first-order chi connectivity index (χ1) is 13.1. The molecule has 0 saturated heterocycles. The molecule has 0 aliphatic rings. The number of carbonyl (C=O) groups is 2. The summed E-state index contributed by atoms with van der Waals surface area (Å²) in [4.78, 5) is 27.5. The molecular weight excluding hydrogens is 340 g/mol. The summed E-state index contributed by atoms with van der Waals surface area (Å²) in [5.74, 6) is 5.69. The number of nitrogens with zero attached hydrogens (tertiary/aromatic N) is 1. The van der Waals surface area contributed by atoms with Gasteiger partial charge in [0.2, 0.25) is 0 Å². The number of anilines is 2. The van der Waals surface area contributed by atoms with Gasteiger partial charge in [-0.25, -0.2) is 9.78 Å². The van der Waals surface area contributed by atoms with Crippen molar-refractivity contribution in [3.8, 4) is 11.8 Å². The summed E-state index contributed by atoms with van der Waals surface area (Å²) in [6, 6.07) is 18.5. The third kappa shape index (κ3) is 5.18. The van der Waals surface area contributed by atoms with E-state index in [-0.39, 0.29) is 5.91 Å². The molecule has 0 saturated carbocycles. The zero-order valence-electron chi connectivity index (χ0n) is 14.3. The van der Waals surface area contributed by atoms with Crippen molar-refractivity contribution >= 4 is 23.3 Å². The minimum Gasteiger partial charge on any atom is -0.351 e. The predicted molar refractivity (Wildman–Crippen MR) is 104 cm³/mol. The van der Waals surface area contributed by atoms with Crippen molar-refractivity contribution in [1.82, 2.24) is 4.98 Å². The van der Waals surface area contributed by atoms with Gasteiger partial charge in [0.25, 0.3) is 5.91 Å². The minimum absolute atomic E-state index is 0.307. The topological polar surface area (TPSA) is 97.1 Å². The molecule has 2 aromatic carbocycles. The second-order valence-corrected chi connectivity index (χ2v) is 5.57. The highest BCUT2D eigenvalue weighted by atomic mass is 16.2. The largest absolute Gasteiger partial charge is 0.351 e. The van der Waals surface area contributed by atoms with Crippen LogP contribution in [0.5, 0.6) is 0 Å². The summed E-state index contributed by atoms with van der Waals surface area (Å²) >= 11 is 0. The van der Waals surface area contributed by atoms with E-state index in [9.17, 15) is 9.59 Å². The van der Waals surface area contributed by atoms with Crippen molar-refractivity contribution in [2.45, 2.75) is 0 Å². The highest BCUT2D eigenvalue weighted by Crippen LogP contribution is 2.15. The van der Waals surface area contributed by atoms with E-state index in [0.29, 0.717) is 22.6 Å². The quantitative estimate of drug-likeness (QED) is 0.629. The molecule has 6 heteroatoms. The highest BCUT2D eigenvalue weighted by Gasteiger charge is 2.07. The van der Waals surface area contributed by atoms with Gasteiger partial charge in [0.1, 0.15) is 5.69 Å². The smallest absolute Gasteiger partial charge is 0.316 e. The minimum atomic E-state index is -0.688. The average molecular weight is 356 g/mol. The van der Waals surface area contributed by atoms with E-state index >= 15 is 0 Å². The number of hydrogen-bond acceptors (Lipinski definition) is 3. The summed E-state index contributed by atoms with van der Waals surface area (Å²) in [5, 5.41) is 5.25. The van der Waals surface area contributed by atoms with Crippen LogP contribution in [0.1, 0.15) is 21.6 Å². The number of aromatic nitrogens is 1. The van der Waals surface area contributed by atoms with E-state index in [1.54, 1.807) is 42.6 Å². The fourth-order valence-corrected chi connectivity index (χ4v) is 2.33. The van der Waals surface area contributed by atoms with Crippen molar-refractivity contribution in [3.63, 3.8) is 0 Å². The first-order valence-corrected chi connectivity index (χ1v) is 8.11. The van der Waals surface area contributed by atoms with Gasteiger partial charge >= 0.3 is 6.03 Å². The van der Waals surface area contributed by atoms with Crippen molar-refractivity contribution in [2.24, 2.45) is 5.73 Å². The standard InChI is InChI=1S/C21H16N4O2/c22-21(27)25-19-9-4-6-16(14-19)20(26)24-18-8-3-5-15(13-18)10-11-17-7-1-2-12-23-17/h1-9,12-14H,(H,24,26)(H3,22,25,27). The molecule has 132 valence electrons. The van der Waals surface area contributed by atoms with Gasteiger partial charge in [-0.05, 0) is 54.5 Å². The molecule has 3 aromatic rings. The Kier molecular flexibility index (Phi) is 5.45. The van der Waals surface area contributed by atoms with Crippen LogP contribution in [0.3, 0.4) is 0 Å². The SMILES string of the molecule is NC(=O)Nc1cccc(C(=O)Nc2cccc(C#Cc3ccccn3)c2)c1. The molecule has 1 heterocycles. The van der Waals surface area contributed by atoms with Crippen LogP contribution in [-0.2, 0) is 0 Å². The van der Waals surface area contributed by atoms with E-state index in [0.717, 1.165) is 5.56 Å². The monoisotopic (exact) mass is 356 g/mol. The van der Waals surface area contributed by atoms with E-state index in [1.807, 2.05) is 30.3 Å². The molecule has 27 heavy (non-hydrogen) atoms. The summed E-state index contributed by atoms with van der Waals surface area (Å²) < 4.78 is 0. The summed E-state index contributed by atoms with van der Waals surface area (Å²) in [5.41, 5.74) is 7.97. The van der Waals surface area contributed by atoms with Gasteiger partial charge in [0.05, 0.1) is 0 Å². The fourth-order valence-electron chi connectivity index (χ4n) is 2.33. The molecule has 0 aliphatic carbocycles. The van der Waals surface area contributed by atoms with Crippen molar-refractivity contribution in [2.75, 3.05) is 10.6 Å². The molecule has 0 spiro atoms. The molecule has 0 unspecified atom stereocenters. The van der Waals surface area contributed by atoms with Crippen LogP contribution in [0, 0.1) is 11.8 Å². The number of nitrogens with two attached hydrogens (primary N) is 1. The Bertz CT molecular complexity index is 1040. The molecule has 0 bridgehead atoms. The number of carbonyl (C=O) groups excluding carboxylic acids is 2. The molecule has 0 aliphatic heterocycles. The number of pyridine rings is 1. The number of amides is 3. The van der Waals surface area contributed by atoms with Gasteiger partial charge in [-0.3, -0.25) is 4.79 Å². The van der Waals surface area contributed by atoms with Gasteiger partial charge in [-0.15, -0.1) is 0 Å². The molecule has 0 fully saturated rings. The Morgan fingerprint density at radius 2 is 1.63 bits per heavy atom. The average Bonchev–Trinajstić information content (AvgIpc) is 2.67. The number of hydrogen-bond donors (Lipinski definition) is 3. The first-order valence-electron chi connectivity index (χ1n) is 8.11. The maximum Gasteiger partial charge on any atom is 0.316 e. The first kappa shape index (κ1) is 17.7. The third-order valence-electron chi connectivity index (χ3n) is 3.51. The summed E-state index contributed by atoms with van der Waals surface area (Å²) in [7, 11) is 0. The summed E-state index contributed by atoms with van der Waals surface area (Å²) in [6.45, 7) is 0. The van der Waals surface area contributed by atoms with Crippen molar-refractivity contribution in [3.05, 3.63) is 89.7 Å². The molecule has 6 nitrogen and oxygen atoms in total. The number of rotatable bonds is 3. The van der Waals surface area contributed by atoms with Crippen LogP contribution in [0.2, 0.25) is 0 Å². The van der Waals surface area contributed by atoms with E-state index in [2.05, 4.69) is 27.5 Å². The van der Waals surface area contributed by atoms with Crippen LogP contribution in [0.25, 0.3) is 0 Å². The molecule has 1 aromatic heterocycles. The number of primary amides is 1. The molecule has 4 N–H and O–H groups in total. The Morgan fingerprint density at radius 3 is 2.37 bits per heavy atom. The van der Waals surface area contributed by atoms with Crippen LogP contribution in [0.4, 0.5) is 16.2 Å². The molecule has 0 atom stereocenters. The lowest BCUT2D eigenvalue weighted by molar-refractivity contribution is 0.102. The van der Waals surface area contributed by atoms with Crippen LogP contribution in [-0.4, -0.2) is 16.9 Å². The normalized spacial score (nSPS) is 9.63. The number of benzene rings is 2. The maximum atomic E-state index is 12.4. The second kappa shape index (κ2) is 8.32. The number of urea groups is 1. The number of nitrogens with one attached hydrogen (secondary N) is 2. The van der Waals surface area contributed by atoms with Crippen molar-refractivity contribution in [1.29, 1.82) is 0 Å².